The highest BCUT2D eigenvalue weighted by atomic mass is 32.2. The average molecular weight is 323 g/mol. The SMILES string of the molecule is C=C(c1ccc(Cc2ccc3ccccc3c2)cc1)S(N)(=O)=O. The number of rotatable bonds is 4. The van der Waals surface area contributed by atoms with Gasteiger partial charge in [0.15, 0.2) is 0 Å². The van der Waals surface area contributed by atoms with E-state index in [4.69, 9.17) is 5.14 Å². The molecule has 0 fully saturated rings. The van der Waals surface area contributed by atoms with Gasteiger partial charge in [-0.25, -0.2) is 13.6 Å². The lowest BCUT2D eigenvalue weighted by Crippen LogP contribution is -2.12. The van der Waals surface area contributed by atoms with Crippen molar-refractivity contribution in [3.05, 3.63) is 90.0 Å². The van der Waals surface area contributed by atoms with Crippen molar-refractivity contribution in [3.63, 3.8) is 0 Å². The van der Waals surface area contributed by atoms with E-state index in [1.165, 1.54) is 16.3 Å². The molecule has 0 saturated carbocycles. The monoisotopic (exact) mass is 323 g/mol. The summed E-state index contributed by atoms with van der Waals surface area (Å²) < 4.78 is 22.6. The maximum absolute atomic E-state index is 11.3. The molecule has 0 saturated heterocycles. The largest absolute Gasteiger partial charge is 0.238 e. The van der Waals surface area contributed by atoms with Gasteiger partial charge in [-0.05, 0) is 33.9 Å². The van der Waals surface area contributed by atoms with E-state index in [2.05, 4.69) is 36.9 Å². The van der Waals surface area contributed by atoms with E-state index < -0.39 is 10.0 Å². The molecule has 0 unspecified atom stereocenters. The minimum atomic E-state index is -3.75. The number of benzene rings is 3. The topological polar surface area (TPSA) is 60.2 Å². The predicted octanol–water partition coefficient (Wildman–Crippen LogP) is 3.69. The fourth-order valence-corrected chi connectivity index (χ4v) is 3.02. The lowest BCUT2D eigenvalue weighted by atomic mass is 10.0. The van der Waals surface area contributed by atoms with Crippen LogP contribution in [0.2, 0.25) is 0 Å². The second kappa shape index (κ2) is 5.99. The van der Waals surface area contributed by atoms with Gasteiger partial charge in [0.05, 0.1) is 4.91 Å². The minimum Gasteiger partial charge on any atom is -0.225 e. The summed E-state index contributed by atoms with van der Waals surface area (Å²) in [4.78, 5) is -0.0604. The summed E-state index contributed by atoms with van der Waals surface area (Å²) in [6.07, 6.45) is 0.785. The number of primary sulfonamides is 1. The van der Waals surface area contributed by atoms with Crippen LogP contribution < -0.4 is 5.14 Å². The predicted molar refractivity (Wildman–Crippen MR) is 95.3 cm³/mol. The maximum Gasteiger partial charge on any atom is 0.238 e. The quantitative estimate of drug-likeness (QED) is 0.796. The fourth-order valence-electron chi connectivity index (χ4n) is 2.56. The van der Waals surface area contributed by atoms with Crippen molar-refractivity contribution in [3.8, 4) is 0 Å². The van der Waals surface area contributed by atoms with Gasteiger partial charge < -0.3 is 0 Å². The molecule has 0 bridgehead atoms. The number of nitrogens with two attached hydrogens (primary N) is 1. The summed E-state index contributed by atoms with van der Waals surface area (Å²) in [7, 11) is -3.75. The molecule has 0 heterocycles. The highest BCUT2D eigenvalue weighted by Crippen LogP contribution is 2.20. The van der Waals surface area contributed by atoms with E-state index in [1.54, 1.807) is 12.1 Å². The van der Waals surface area contributed by atoms with Crippen molar-refractivity contribution >= 4 is 25.7 Å². The first-order valence-corrected chi connectivity index (χ1v) is 8.77. The van der Waals surface area contributed by atoms with Crippen LogP contribution in [-0.4, -0.2) is 8.42 Å². The molecule has 3 aromatic rings. The third-order valence-electron chi connectivity index (χ3n) is 3.84. The zero-order chi connectivity index (χ0) is 16.4. The Morgan fingerprint density at radius 2 is 1.48 bits per heavy atom. The van der Waals surface area contributed by atoms with E-state index in [9.17, 15) is 8.42 Å². The Morgan fingerprint density at radius 3 is 2.13 bits per heavy atom. The minimum absolute atomic E-state index is 0.0604. The first-order valence-electron chi connectivity index (χ1n) is 7.22. The van der Waals surface area contributed by atoms with E-state index in [1.807, 2.05) is 24.3 Å². The Kier molecular flexibility index (Phi) is 4.03. The van der Waals surface area contributed by atoms with Crippen LogP contribution in [0.4, 0.5) is 0 Å². The molecule has 4 heteroatoms. The molecule has 0 aliphatic carbocycles. The molecule has 0 aliphatic rings. The first-order chi connectivity index (χ1) is 10.9. The molecular weight excluding hydrogens is 306 g/mol. The third kappa shape index (κ3) is 3.50. The van der Waals surface area contributed by atoms with Crippen LogP contribution in [-0.2, 0) is 16.4 Å². The lowest BCUT2D eigenvalue weighted by molar-refractivity contribution is 0.607. The number of hydrogen-bond donors (Lipinski definition) is 1. The second-order valence-corrected chi connectivity index (χ2v) is 7.11. The molecule has 0 aliphatic heterocycles. The summed E-state index contributed by atoms with van der Waals surface area (Å²) in [6.45, 7) is 3.53. The second-order valence-electron chi connectivity index (χ2n) is 5.52. The van der Waals surface area contributed by atoms with Crippen LogP contribution >= 0.6 is 0 Å². The molecule has 116 valence electrons. The number of fused-ring (bicyclic) bond motifs is 1. The summed E-state index contributed by atoms with van der Waals surface area (Å²) >= 11 is 0. The van der Waals surface area contributed by atoms with Gasteiger partial charge in [0.2, 0.25) is 10.0 Å². The van der Waals surface area contributed by atoms with Crippen LogP contribution in [0, 0.1) is 0 Å². The zero-order valence-corrected chi connectivity index (χ0v) is 13.4. The molecular formula is C19H17NO2S. The van der Waals surface area contributed by atoms with Gasteiger partial charge >= 0.3 is 0 Å². The zero-order valence-electron chi connectivity index (χ0n) is 12.6. The van der Waals surface area contributed by atoms with Gasteiger partial charge in [0.1, 0.15) is 0 Å². The van der Waals surface area contributed by atoms with Crippen molar-refractivity contribution in [1.82, 2.24) is 0 Å². The Bertz CT molecular complexity index is 974. The molecule has 0 spiro atoms. The summed E-state index contributed by atoms with van der Waals surface area (Å²) in [5.41, 5.74) is 2.84. The highest BCUT2D eigenvalue weighted by Gasteiger charge is 2.11. The third-order valence-corrected chi connectivity index (χ3v) is 4.76. The molecule has 0 radical (unpaired) electrons. The van der Waals surface area contributed by atoms with Crippen LogP contribution in [0.5, 0.6) is 0 Å². The van der Waals surface area contributed by atoms with Gasteiger partial charge in [-0.1, -0.05) is 73.3 Å². The van der Waals surface area contributed by atoms with Crippen molar-refractivity contribution < 1.29 is 8.42 Å². The van der Waals surface area contributed by atoms with Crippen LogP contribution in [0.15, 0.2) is 73.3 Å². The van der Waals surface area contributed by atoms with Crippen LogP contribution in [0.1, 0.15) is 16.7 Å². The number of sulfonamides is 1. The summed E-state index contributed by atoms with van der Waals surface area (Å²) in [5.74, 6) is 0. The molecule has 23 heavy (non-hydrogen) atoms. The molecule has 3 aromatic carbocycles. The Labute approximate surface area is 136 Å². The van der Waals surface area contributed by atoms with Crippen molar-refractivity contribution in [2.45, 2.75) is 6.42 Å². The van der Waals surface area contributed by atoms with Crippen LogP contribution in [0.25, 0.3) is 15.7 Å². The molecule has 0 atom stereocenters. The summed E-state index contributed by atoms with van der Waals surface area (Å²) in [6, 6.07) is 21.9. The standard InChI is InChI=1S/C19H17NO2S/c1-14(23(20,21)22)17-9-6-15(7-10-17)12-16-8-11-18-4-2-3-5-19(18)13-16/h2-11,13H,1,12H2,(H2,20,21,22). The summed E-state index contributed by atoms with van der Waals surface area (Å²) in [5, 5.41) is 7.53. The van der Waals surface area contributed by atoms with E-state index >= 15 is 0 Å². The smallest absolute Gasteiger partial charge is 0.225 e. The van der Waals surface area contributed by atoms with E-state index in [0.717, 1.165) is 12.0 Å². The Morgan fingerprint density at radius 1 is 0.870 bits per heavy atom. The molecule has 3 nitrogen and oxygen atoms in total. The highest BCUT2D eigenvalue weighted by molar-refractivity contribution is 7.98. The van der Waals surface area contributed by atoms with Crippen molar-refractivity contribution in [2.24, 2.45) is 5.14 Å². The van der Waals surface area contributed by atoms with E-state index in [0.29, 0.717) is 5.56 Å². The average Bonchev–Trinajstić information content (AvgIpc) is 2.54. The molecule has 0 aromatic heterocycles. The molecule has 0 amide bonds. The normalized spacial score (nSPS) is 11.5. The van der Waals surface area contributed by atoms with Gasteiger partial charge in [0, 0.05) is 0 Å². The fraction of sp³-hybridized carbons (Fsp3) is 0.0526. The van der Waals surface area contributed by atoms with E-state index in [-0.39, 0.29) is 4.91 Å². The van der Waals surface area contributed by atoms with Gasteiger partial charge in [-0.2, -0.15) is 0 Å². The van der Waals surface area contributed by atoms with Gasteiger partial charge in [0.25, 0.3) is 0 Å². The Balaban J connectivity index is 1.83. The molecule has 3 rings (SSSR count). The van der Waals surface area contributed by atoms with Gasteiger partial charge in [-0.3, -0.25) is 0 Å². The first kappa shape index (κ1) is 15.5. The van der Waals surface area contributed by atoms with Gasteiger partial charge in [-0.15, -0.1) is 0 Å². The maximum atomic E-state index is 11.3. The van der Waals surface area contributed by atoms with Crippen molar-refractivity contribution in [1.29, 1.82) is 0 Å². The Hall–Kier alpha value is -2.43. The van der Waals surface area contributed by atoms with Crippen molar-refractivity contribution in [2.75, 3.05) is 0 Å². The molecule has 2 N–H and O–H groups in total. The number of hydrogen-bond acceptors (Lipinski definition) is 2. The lowest BCUT2D eigenvalue weighted by Gasteiger charge is -2.07. The van der Waals surface area contributed by atoms with Crippen LogP contribution in [0.3, 0.4) is 0 Å².